The lowest BCUT2D eigenvalue weighted by atomic mass is 9.81. The smallest absolute Gasteiger partial charge is 0.265 e. The minimum atomic E-state index is 0.0396. The van der Waals surface area contributed by atoms with E-state index in [0.717, 1.165) is 30.0 Å². The van der Waals surface area contributed by atoms with E-state index in [1.807, 2.05) is 11.0 Å². The Balaban J connectivity index is 1.86. The predicted molar refractivity (Wildman–Crippen MR) is 88.1 cm³/mol. The summed E-state index contributed by atoms with van der Waals surface area (Å²) in [6.07, 6.45) is 7.27. The molecule has 0 aromatic heterocycles. The van der Waals surface area contributed by atoms with Crippen molar-refractivity contribution in [2.75, 3.05) is 18.1 Å². The standard InChI is InChI=1S/C18H26N2O2/c1-2-10-20-15-11-14(8-9-16(15)22-12-17(20)21)18(19)13-6-4-3-5-7-13/h8-9,11,13,18H,2-7,10,12,19H2,1H3. The van der Waals surface area contributed by atoms with E-state index in [4.69, 9.17) is 10.5 Å². The molecular formula is C18H26N2O2. The Kier molecular flexibility index (Phi) is 4.67. The lowest BCUT2D eigenvalue weighted by molar-refractivity contribution is -0.121. The Morgan fingerprint density at radius 3 is 2.82 bits per heavy atom. The van der Waals surface area contributed by atoms with Crippen LogP contribution in [0.15, 0.2) is 18.2 Å². The Bertz CT molecular complexity index is 538. The molecule has 4 nitrogen and oxygen atoms in total. The first-order valence-electron chi connectivity index (χ1n) is 8.53. The highest BCUT2D eigenvalue weighted by atomic mass is 16.5. The third-order valence-corrected chi connectivity index (χ3v) is 4.92. The number of carbonyl (C=O) groups excluding carboxylic acids is 1. The maximum Gasteiger partial charge on any atom is 0.265 e. The SMILES string of the molecule is CCCN1C(=O)COc2ccc(C(N)C3CCCCC3)cc21. The van der Waals surface area contributed by atoms with Gasteiger partial charge >= 0.3 is 0 Å². The van der Waals surface area contributed by atoms with Gasteiger partial charge in [0.1, 0.15) is 5.75 Å². The first-order chi connectivity index (χ1) is 10.7. The molecule has 4 heteroatoms. The quantitative estimate of drug-likeness (QED) is 0.927. The monoisotopic (exact) mass is 302 g/mol. The maximum atomic E-state index is 12.1. The van der Waals surface area contributed by atoms with Crippen LogP contribution in [0.25, 0.3) is 0 Å². The zero-order valence-electron chi connectivity index (χ0n) is 13.4. The molecule has 1 heterocycles. The predicted octanol–water partition coefficient (Wildman–Crippen LogP) is 3.40. The van der Waals surface area contributed by atoms with Crippen molar-refractivity contribution >= 4 is 11.6 Å². The van der Waals surface area contributed by atoms with E-state index in [9.17, 15) is 4.79 Å². The summed E-state index contributed by atoms with van der Waals surface area (Å²) in [5.74, 6) is 1.40. The number of carbonyl (C=O) groups is 1. The molecule has 0 radical (unpaired) electrons. The number of hydrogen-bond donors (Lipinski definition) is 1. The molecule has 0 saturated heterocycles. The largest absolute Gasteiger partial charge is 0.482 e. The molecule has 1 unspecified atom stereocenters. The van der Waals surface area contributed by atoms with Gasteiger partial charge in [-0.15, -0.1) is 0 Å². The molecule has 1 amide bonds. The van der Waals surface area contributed by atoms with Crippen LogP contribution in [0.3, 0.4) is 0 Å². The van der Waals surface area contributed by atoms with Gasteiger partial charge in [-0.25, -0.2) is 0 Å². The molecule has 22 heavy (non-hydrogen) atoms. The lowest BCUT2D eigenvalue weighted by Crippen LogP contribution is -2.39. The van der Waals surface area contributed by atoms with Gasteiger partial charge < -0.3 is 15.4 Å². The molecule has 2 aliphatic rings. The van der Waals surface area contributed by atoms with Gasteiger partial charge in [0.05, 0.1) is 5.69 Å². The summed E-state index contributed by atoms with van der Waals surface area (Å²) in [6.45, 7) is 2.96. The molecule has 1 aliphatic heterocycles. The molecule has 1 aromatic carbocycles. The van der Waals surface area contributed by atoms with Gasteiger partial charge in [0.2, 0.25) is 0 Å². The first kappa shape index (κ1) is 15.3. The summed E-state index contributed by atoms with van der Waals surface area (Å²) in [7, 11) is 0. The van der Waals surface area contributed by atoms with Crippen molar-refractivity contribution in [3.63, 3.8) is 0 Å². The van der Waals surface area contributed by atoms with Crippen LogP contribution < -0.4 is 15.4 Å². The number of nitrogens with two attached hydrogens (primary N) is 1. The molecule has 1 fully saturated rings. The molecule has 120 valence electrons. The van der Waals surface area contributed by atoms with Crippen LogP contribution in [0.4, 0.5) is 5.69 Å². The molecule has 0 bridgehead atoms. The van der Waals surface area contributed by atoms with Crippen molar-refractivity contribution in [3.8, 4) is 5.75 Å². The molecule has 1 atom stereocenters. The third kappa shape index (κ3) is 2.98. The normalized spacial score (nSPS) is 20.5. The summed E-state index contributed by atoms with van der Waals surface area (Å²) in [4.78, 5) is 13.9. The van der Waals surface area contributed by atoms with Gasteiger partial charge in [-0.05, 0) is 42.9 Å². The third-order valence-electron chi connectivity index (χ3n) is 4.92. The van der Waals surface area contributed by atoms with E-state index in [-0.39, 0.29) is 18.6 Å². The molecule has 1 aromatic rings. The van der Waals surface area contributed by atoms with Crippen LogP contribution in [-0.2, 0) is 4.79 Å². The van der Waals surface area contributed by atoms with Gasteiger partial charge in [-0.1, -0.05) is 32.3 Å². The van der Waals surface area contributed by atoms with Gasteiger partial charge in [-0.3, -0.25) is 4.79 Å². The highest BCUT2D eigenvalue weighted by Gasteiger charge is 2.27. The lowest BCUT2D eigenvalue weighted by Gasteiger charge is -2.32. The molecule has 3 rings (SSSR count). The van der Waals surface area contributed by atoms with Crippen LogP contribution in [0, 0.1) is 5.92 Å². The van der Waals surface area contributed by atoms with E-state index in [0.29, 0.717) is 5.92 Å². The highest BCUT2D eigenvalue weighted by Crippen LogP contribution is 2.38. The van der Waals surface area contributed by atoms with E-state index >= 15 is 0 Å². The Morgan fingerprint density at radius 1 is 1.32 bits per heavy atom. The van der Waals surface area contributed by atoms with Crippen LogP contribution in [-0.4, -0.2) is 19.1 Å². The number of hydrogen-bond acceptors (Lipinski definition) is 3. The second-order valence-electron chi connectivity index (χ2n) is 6.49. The summed E-state index contributed by atoms with van der Waals surface area (Å²) in [6, 6.07) is 6.17. The number of anilines is 1. The number of amides is 1. The molecule has 2 N–H and O–H groups in total. The van der Waals surface area contributed by atoms with Crippen molar-refractivity contribution in [3.05, 3.63) is 23.8 Å². The molecule has 1 saturated carbocycles. The first-order valence-corrected chi connectivity index (χ1v) is 8.53. The zero-order chi connectivity index (χ0) is 15.5. The maximum absolute atomic E-state index is 12.1. The minimum Gasteiger partial charge on any atom is -0.482 e. The van der Waals surface area contributed by atoms with Gasteiger partial charge in [-0.2, -0.15) is 0 Å². The fraction of sp³-hybridized carbons (Fsp3) is 0.611. The molecule has 0 spiro atoms. The molecular weight excluding hydrogens is 276 g/mol. The van der Waals surface area contributed by atoms with Gasteiger partial charge in [0.15, 0.2) is 6.61 Å². The fourth-order valence-corrected chi connectivity index (χ4v) is 3.66. The minimum absolute atomic E-state index is 0.0396. The summed E-state index contributed by atoms with van der Waals surface area (Å²) in [5, 5.41) is 0. The Hall–Kier alpha value is -1.55. The van der Waals surface area contributed by atoms with E-state index < -0.39 is 0 Å². The van der Waals surface area contributed by atoms with Crippen molar-refractivity contribution in [1.29, 1.82) is 0 Å². The molecule has 1 aliphatic carbocycles. The topological polar surface area (TPSA) is 55.6 Å². The zero-order valence-corrected chi connectivity index (χ0v) is 13.4. The summed E-state index contributed by atoms with van der Waals surface area (Å²) in [5.41, 5.74) is 8.53. The second-order valence-corrected chi connectivity index (χ2v) is 6.49. The fourth-order valence-electron chi connectivity index (χ4n) is 3.66. The average molecular weight is 302 g/mol. The van der Waals surface area contributed by atoms with E-state index in [1.165, 1.54) is 32.1 Å². The number of nitrogens with zero attached hydrogens (tertiary/aromatic N) is 1. The van der Waals surface area contributed by atoms with Gasteiger partial charge in [0.25, 0.3) is 5.91 Å². The number of rotatable bonds is 4. The van der Waals surface area contributed by atoms with E-state index in [2.05, 4.69) is 19.1 Å². The number of ether oxygens (including phenoxy) is 1. The highest BCUT2D eigenvalue weighted by molar-refractivity contribution is 5.97. The van der Waals surface area contributed by atoms with Crippen LogP contribution in [0.2, 0.25) is 0 Å². The van der Waals surface area contributed by atoms with Crippen LogP contribution >= 0.6 is 0 Å². The van der Waals surface area contributed by atoms with Gasteiger partial charge in [0, 0.05) is 12.6 Å². The van der Waals surface area contributed by atoms with E-state index in [1.54, 1.807) is 0 Å². The van der Waals surface area contributed by atoms with Crippen molar-refractivity contribution < 1.29 is 9.53 Å². The summed E-state index contributed by atoms with van der Waals surface area (Å²) >= 11 is 0. The average Bonchev–Trinajstić information content (AvgIpc) is 2.57. The summed E-state index contributed by atoms with van der Waals surface area (Å²) < 4.78 is 5.56. The van der Waals surface area contributed by atoms with Crippen LogP contribution in [0.5, 0.6) is 5.75 Å². The second kappa shape index (κ2) is 6.69. The van der Waals surface area contributed by atoms with Crippen molar-refractivity contribution in [1.82, 2.24) is 0 Å². The van der Waals surface area contributed by atoms with Crippen molar-refractivity contribution in [2.24, 2.45) is 11.7 Å². The van der Waals surface area contributed by atoms with Crippen LogP contribution in [0.1, 0.15) is 57.1 Å². The number of fused-ring (bicyclic) bond motifs is 1. The Labute approximate surface area is 132 Å². The number of benzene rings is 1. The Morgan fingerprint density at radius 2 is 2.09 bits per heavy atom. The van der Waals surface area contributed by atoms with Crippen molar-refractivity contribution in [2.45, 2.75) is 51.5 Å².